The van der Waals surface area contributed by atoms with E-state index in [1.54, 1.807) is 10.9 Å². The average molecular weight is 312 g/mol. The highest BCUT2D eigenvalue weighted by Gasteiger charge is 2.12. The Hall–Kier alpha value is -2.67. The topological polar surface area (TPSA) is 87.9 Å². The van der Waals surface area contributed by atoms with Crippen LogP contribution in [0.1, 0.15) is 11.1 Å². The van der Waals surface area contributed by atoms with E-state index >= 15 is 0 Å². The van der Waals surface area contributed by atoms with Gasteiger partial charge in [-0.25, -0.2) is 0 Å². The van der Waals surface area contributed by atoms with Gasteiger partial charge in [-0.05, 0) is 25.5 Å². The van der Waals surface area contributed by atoms with E-state index in [2.05, 4.69) is 51.7 Å². The monoisotopic (exact) mass is 312 g/mol. The van der Waals surface area contributed by atoms with Crippen LogP contribution < -0.4 is 10.6 Å². The SMILES string of the molecule is Cc1ccc(Nc2nc(NCCO)nc3c2cnn3C)c(C)c1. The molecule has 3 rings (SSSR count). The summed E-state index contributed by atoms with van der Waals surface area (Å²) < 4.78 is 1.70. The standard InChI is InChI=1S/C16H20N6O/c1-10-4-5-13(11(2)8-10)19-14-12-9-18-22(3)15(12)21-16(20-14)17-6-7-23/h4-5,8-9,23H,6-7H2,1-3H3,(H2,17,19,20,21). The van der Waals surface area contributed by atoms with Gasteiger partial charge in [-0.3, -0.25) is 4.68 Å². The minimum atomic E-state index is 0.0205. The van der Waals surface area contributed by atoms with Crippen LogP contribution in [0.5, 0.6) is 0 Å². The van der Waals surface area contributed by atoms with Gasteiger partial charge in [-0.1, -0.05) is 17.7 Å². The maximum atomic E-state index is 8.97. The van der Waals surface area contributed by atoms with Gasteiger partial charge in [0.25, 0.3) is 0 Å². The van der Waals surface area contributed by atoms with Gasteiger partial charge in [0.15, 0.2) is 5.65 Å². The van der Waals surface area contributed by atoms with Crippen LogP contribution in [-0.4, -0.2) is 38.0 Å². The van der Waals surface area contributed by atoms with Gasteiger partial charge >= 0.3 is 0 Å². The number of fused-ring (bicyclic) bond motifs is 1. The molecule has 3 aromatic rings. The van der Waals surface area contributed by atoms with Crippen molar-refractivity contribution >= 4 is 28.5 Å². The molecule has 2 aromatic heterocycles. The Kier molecular flexibility index (Phi) is 4.12. The quantitative estimate of drug-likeness (QED) is 0.669. The molecule has 0 atom stereocenters. The highest BCUT2D eigenvalue weighted by molar-refractivity contribution is 5.89. The molecule has 0 fully saturated rings. The van der Waals surface area contributed by atoms with Crippen LogP contribution >= 0.6 is 0 Å². The van der Waals surface area contributed by atoms with Gasteiger partial charge in [0.1, 0.15) is 5.82 Å². The average Bonchev–Trinajstić information content (AvgIpc) is 2.90. The number of nitrogens with one attached hydrogen (secondary N) is 2. The maximum Gasteiger partial charge on any atom is 0.226 e. The summed E-state index contributed by atoms with van der Waals surface area (Å²) in [6.07, 6.45) is 1.75. The molecule has 7 nitrogen and oxygen atoms in total. The van der Waals surface area contributed by atoms with Crippen molar-refractivity contribution in [1.82, 2.24) is 19.7 Å². The molecule has 7 heteroatoms. The third kappa shape index (κ3) is 3.09. The van der Waals surface area contributed by atoms with Crippen molar-refractivity contribution in [1.29, 1.82) is 0 Å². The molecule has 3 N–H and O–H groups in total. The zero-order chi connectivity index (χ0) is 16.4. The third-order valence-electron chi connectivity index (χ3n) is 3.62. The number of anilines is 3. The normalized spacial score (nSPS) is 11.0. The predicted octanol–water partition coefficient (Wildman–Crippen LogP) is 2.13. The molecule has 0 amide bonds. The van der Waals surface area contributed by atoms with Crippen LogP contribution in [0.3, 0.4) is 0 Å². The van der Waals surface area contributed by atoms with Crippen LogP contribution in [0.4, 0.5) is 17.5 Å². The first-order valence-electron chi connectivity index (χ1n) is 7.47. The second kappa shape index (κ2) is 6.21. The van der Waals surface area contributed by atoms with Gasteiger partial charge in [0, 0.05) is 19.3 Å². The van der Waals surface area contributed by atoms with E-state index in [4.69, 9.17) is 5.11 Å². The fraction of sp³-hybridized carbons (Fsp3) is 0.312. The summed E-state index contributed by atoms with van der Waals surface area (Å²) >= 11 is 0. The van der Waals surface area contributed by atoms with Crippen LogP contribution in [0.25, 0.3) is 11.0 Å². The highest BCUT2D eigenvalue weighted by atomic mass is 16.3. The maximum absolute atomic E-state index is 8.97. The van der Waals surface area contributed by atoms with Gasteiger partial charge in [-0.2, -0.15) is 15.1 Å². The summed E-state index contributed by atoms with van der Waals surface area (Å²) in [6.45, 7) is 4.54. The van der Waals surface area contributed by atoms with Gasteiger partial charge < -0.3 is 15.7 Å². The summed E-state index contributed by atoms with van der Waals surface area (Å²) in [6, 6.07) is 6.21. The first-order valence-corrected chi connectivity index (χ1v) is 7.47. The number of aryl methyl sites for hydroxylation is 3. The first kappa shape index (κ1) is 15.2. The third-order valence-corrected chi connectivity index (χ3v) is 3.62. The van der Waals surface area contributed by atoms with Crippen molar-refractivity contribution in [2.24, 2.45) is 7.05 Å². The molecule has 120 valence electrons. The fourth-order valence-electron chi connectivity index (χ4n) is 2.45. The summed E-state index contributed by atoms with van der Waals surface area (Å²) in [7, 11) is 1.84. The van der Waals surface area contributed by atoms with E-state index in [-0.39, 0.29) is 6.61 Å². The summed E-state index contributed by atoms with van der Waals surface area (Å²) in [5.74, 6) is 1.15. The minimum Gasteiger partial charge on any atom is -0.395 e. The van der Waals surface area contributed by atoms with Crippen LogP contribution in [-0.2, 0) is 7.05 Å². The van der Waals surface area contributed by atoms with E-state index in [9.17, 15) is 0 Å². The summed E-state index contributed by atoms with van der Waals surface area (Å²) in [5.41, 5.74) is 4.08. The molecule has 0 aliphatic carbocycles. The number of hydrogen-bond donors (Lipinski definition) is 3. The van der Waals surface area contributed by atoms with Crippen molar-refractivity contribution in [3.63, 3.8) is 0 Å². The summed E-state index contributed by atoms with van der Waals surface area (Å²) in [4.78, 5) is 8.95. The second-order valence-electron chi connectivity index (χ2n) is 5.50. The lowest BCUT2D eigenvalue weighted by Gasteiger charge is -2.12. The van der Waals surface area contributed by atoms with Crippen LogP contribution in [0.15, 0.2) is 24.4 Å². The summed E-state index contributed by atoms with van der Waals surface area (Å²) in [5, 5.41) is 20.4. The molecule has 0 aliphatic rings. The van der Waals surface area contributed by atoms with Gasteiger partial charge in [0.2, 0.25) is 5.95 Å². The van der Waals surface area contributed by atoms with E-state index in [1.807, 2.05) is 13.1 Å². The number of aliphatic hydroxyl groups is 1. The molecular formula is C16H20N6O. The highest BCUT2D eigenvalue weighted by Crippen LogP contribution is 2.26. The molecule has 0 unspecified atom stereocenters. The van der Waals surface area contributed by atoms with Gasteiger partial charge in [-0.15, -0.1) is 0 Å². The molecule has 0 saturated heterocycles. The molecule has 2 heterocycles. The number of aliphatic hydroxyl groups excluding tert-OH is 1. The zero-order valence-electron chi connectivity index (χ0n) is 13.5. The first-order chi connectivity index (χ1) is 11.1. The Labute approximate surface area is 134 Å². The second-order valence-corrected chi connectivity index (χ2v) is 5.50. The molecule has 1 aromatic carbocycles. The Morgan fingerprint density at radius 1 is 1.22 bits per heavy atom. The lowest BCUT2D eigenvalue weighted by molar-refractivity contribution is 0.311. The predicted molar refractivity (Wildman–Crippen MR) is 91.1 cm³/mol. The molecule has 23 heavy (non-hydrogen) atoms. The van der Waals surface area contributed by atoms with Crippen molar-refractivity contribution in [2.45, 2.75) is 13.8 Å². The number of hydrogen-bond acceptors (Lipinski definition) is 6. The molecule has 0 saturated carbocycles. The lowest BCUT2D eigenvalue weighted by atomic mass is 10.1. The fourth-order valence-corrected chi connectivity index (χ4v) is 2.45. The zero-order valence-corrected chi connectivity index (χ0v) is 13.5. The molecule has 0 aliphatic heterocycles. The Morgan fingerprint density at radius 3 is 2.78 bits per heavy atom. The van der Waals surface area contributed by atoms with E-state index in [1.165, 1.54) is 5.56 Å². The number of rotatable bonds is 5. The smallest absolute Gasteiger partial charge is 0.226 e. The largest absolute Gasteiger partial charge is 0.395 e. The van der Waals surface area contributed by atoms with E-state index in [0.717, 1.165) is 22.3 Å². The van der Waals surface area contributed by atoms with E-state index in [0.29, 0.717) is 18.3 Å². The van der Waals surface area contributed by atoms with E-state index < -0.39 is 0 Å². The van der Waals surface area contributed by atoms with Crippen molar-refractivity contribution in [3.05, 3.63) is 35.5 Å². The van der Waals surface area contributed by atoms with Crippen molar-refractivity contribution in [2.75, 3.05) is 23.8 Å². The number of aromatic nitrogens is 4. The van der Waals surface area contributed by atoms with Gasteiger partial charge in [0.05, 0.1) is 18.2 Å². The minimum absolute atomic E-state index is 0.0205. The Bertz CT molecular complexity index is 842. The Morgan fingerprint density at radius 2 is 2.04 bits per heavy atom. The van der Waals surface area contributed by atoms with Crippen LogP contribution in [0.2, 0.25) is 0 Å². The lowest BCUT2D eigenvalue weighted by Crippen LogP contribution is -2.10. The molecule has 0 spiro atoms. The van der Waals surface area contributed by atoms with Crippen LogP contribution in [0, 0.1) is 13.8 Å². The molecular weight excluding hydrogens is 292 g/mol. The number of benzene rings is 1. The number of nitrogens with zero attached hydrogens (tertiary/aromatic N) is 4. The Balaban J connectivity index is 2.04. The molecule has 0 bridgehead atoms. The molecule has 0 radical (unpaired) electrons. The van der Waals surface area contributed by atoms with Crippen molar-refractivity contribution in [3.8, 4) is 0 Å². The van der Waals surface area contributed by atoms with Crippen molar-refractivity contribution < 1.29 is 5.11 Å².